The van der Waals surface area contributed by atoms with Crippen LogP contribution in [0.25, 0.3) is 0 Å². The molecular weight excluding hydrogens is 220 g/mol. The Labute approximate surface area is 103 Å². The zero-order chi connectivity index (χ0) is 13.3. The maximum atomic E-state index is 11.9. The number of nitrogens with one attached hydrogen (secondary N) is 1. The minimum Gasteiger partial charge on any atom is -0.465 e. The molecule has 17 heavy (non-hydrogen) atoms. The molecule has 0 aliphatic rings. The number of ether oxygens (including phenoxy) is 1. The summed E-state index contributed by atoms with van der Waals surface area (Å²) in [5.41, 5.74) is 0. The lowest BCUT2D eigenvalue weighted by Crippen LogP contribution is -2.39. The van der Waals surface area contributed by atoms with Gasteiger partial charge < -0.3 is 15.0 Å². The van der Waals surface area contributed by atoms with Crippen molar-refractivity contribution >= 4 is 11.9 Å². The van der Waals surface area contributed by atoms with Gasteiger partial charge in [-0.1, -0.05) is 13.8 Å². The first-order valence-corrected chi connectivity index (χ1v) is 6.09. The van der Waals surface area contributed by atoms with Crippen molar-refractivity contribution < 1.29 is 14.3 Å². The number of amides is 1. The maximum absolute atomic E-state index is 11.9. The quantitative estimate of drug-likeness (QED) is 0.637. The van der Waals surface area contributed by atoms with Crippen LogP contribution in [0.2, 0.25) is 0 Å². The van der Waals surface area contributed by atoms with Crippen LogP contribution >= 0.6 is 0 Å². The molecule has 0 fully saturated rings. The standard InChI is InChI=1S/C12H24N2O3/c1-5-17-12(16)9-14(8-10(2)3)11(15)6-7-13-4/h10,13H,5-9H2,1-4H3. The van der Waals surface area contributed by atoms with Crippen LogP contribution in [0.1, 0.15) is 27.2 Å². The monoisotopic (exact) mass is 244 g/mol. The molecule has 0 radical (unpaired) electrons. The lowest BCUT2D eigenvalue weighted by Gasteiger charge is -2.23. The molecule has 0 aliphatic heterocycles. The van der Waals surface area contributed by atoms with Crippen LogP contribution in [0.4, 0.5) is 0 Å². The highest BCUT2D eigenvalue weighted by atomic mass is 16.5. The van der Waals surface area contributed by atoms with E-state index in [0.717, 1.165) is 0 Å². The van der Waals surface area contributed by atoms with Gasteiger partial charge in [0.1, 0.15) is 6.54 Å². The molecule has 5 nitrogen and oxygen atoms in total. The van der Waals surface area contributed by atoms with Crippen LogP contribution in [0.5, 0.6) is 0 Å². The highest BCUT2D eigenvalue weighted by Gasteiger charge is 2.18. The van der Waals surface area contributed by atoms with Gasteiger partial charge in [0.25, 0.3) is 0 Å². The predicted molar refractivity (Wildman–Crippen MR) is 66.6 cm³/mol. The minimum absolute atomic E-state index is 0.0129. The van der Waals surface area contributed by atoms with Gasteiger partial charge in [-0.3, -0.25) is 9.59 Å². The van der Waals surface area contributed by atoms with Crippen molar-refractivity contribution in [3.05, 3.63) is 0 Å². The average Bonchev–Trinajstić information content (AvgIpc) is 2.24. The molecule has 0 spiro atoms. The van der Waals surface area contributed by atoms with Gasteiger partial charge in [-0.15, -0.1) is 0 Å². The normalized spacial score (nSPS) is 10.4. The third-order valence-electron chi connectivity index (χ3n) is 2.15. The third kappa shape index (κ3) is 7.74. The predicted octanol–water partition coefficient (Wildman–Crippen LogP) is 0.644. The van der Waals surface area contributed by atoms with Crippen molar-refractivity contribution in [2.45, 2.75) is 27.2 Å². The van der Waals surface area contributed by atoms with E-state index in [0.29, 0.717) is 32.0 Å². The molecule has 0 aliphatic carbocycles. The largest absolute Gasteiger partial charge is 0.465 e. The molecular formula is C12H24N2O3. The Morgan fingerprint density at radius 1 is 1.35 bits per heavy atom. The van der Waals surface area contributed by atoms with Crippen LogP contribution in [0, 0.1) is 5.92 Å². The number of esters is 1. The first-order chi connectivity index (χ1) is 8.01. The lowest BCUT2D eigenvalue weighted by atomic mass is 10.2. The Morgan fingerprint density at radius 2 is 2.00 bits per heavy atom. The fourth-order valence-corrected chi connectivity index (χ4v) is 1.45. The van der Waals surface area contributed by atoms with Crippen molar-refractivity contribution in [1.82, 2.24) is 10.2 Å². The second-order valence-corrected chi connectivity index (χ2v) is 4.33. The summed E-state index contributed by atoms with van der Waals surface area (Å²) in [6, 6.07) is 0. The Balaban J connectivity index is 4.31. The van der Waals surface area contributed by atoms with E-state index < -0.39 is 0 Å². The van der Waals surface area contributed by atoms with E-state index in [4.69, 9.17) is 4.74 Å². The number of carbonyl (C=O) groups is 2. The summed E-state index contributed by atoms with van der Waals surface area (Å²) in [5, 5.41) is 2.92. The molecule has 0 rings (SSSR count). The van der Waals surface area contributed by atoms with E-state index in [1.165, 1.54) is 0 Å². The molecule has 1 amide bonds. The van der Waals surface area contributed by atoms with Gasteiger partial charge in [0.15, 0.2) is 0 Å². The highest BCUT2D eigenvalue weighted by Crippen LogP contribution is 2.02. The summed E-state index contributed by atoms with van der Waals surface area (Å²) in [7, 11) is 1.80. The van der Waals surface area contributed by atoms with E-state index in [-0.39, 0.29) is 18.4 Å². The lowest BCUT2D eigenvalue weighted by molar-refractivity contribution is -0.149. The Morgan fingerprint density at radius 3 is 2.47 bits per heavy atom. The molecule has 0 atom stereocenters. The molecule has 0 saturated carbocycles. The topological polar surface area (TPSA) is 58.6 Å². The average molecular weight is 244 g/mol. The van der Waals surface area contributed by atoms with Gasteiger partial charge in [-0.2, -0.15) is 0 Å². The summed E-state index contributed by atoms with van der Waals surface area (Å²) in [6.45, 7) is 7.39. The molecule has 1 N–H and O–H groups in total. The first-order valence-electron chi connectivity index (χ1n) is 6.09. The van der Waals surface area contributed by atoms with Crippen molar-refractivity contribution in [3.63, 3.8) is 0 Å². The number of nitrogens with zero attached hydrogens (tertiary/aromatic N) is 1. The first kappa shape index (κ1) is 15.9. The number of hydrogen-bond acceptors (Lipinski definition) is 4. The second-order valence-electron chi connectivity index (χ2n) is 4.33. The molecule has 0 unspecified atom stereocenters. The zero-order valence-electron chi connectivity index (χ0n) is 11.3. The van der Waals surface area contributed by atoms with Gasteiger partial charge >= 0.3 is 5.97 Å². The molecule has 0 aromatic carbocycles. The van der Waals surface area contributed by atoms with Crippen LogP contribution in [-0.2, 0) is 14.3 Å². The van der Waals surface area contributed by atoms with Crippen molar-refractivity contribution in [1.29, 1.82) is 0 Å². The van der Waals surface area contributed by atoms with Crippen LogP contribution in [-0.4, -0.2) is 50.1 Å². The molecule has 0 bridgehead atoms. The fraction of sp³-hybridized carbons (Fsp3) is 0.833. The van der Waals surface area contributed by atoms with Crippen molar-refractivity contribution in [2.24, 2.45) is 5.92 Å². The summed E-state index contributed by atoms with van der Waals surface area (Å²) in [4.78, 5) is 24.8. The fourth-order valence-electron chi connectivity index (χ4n) is 1.45. The van der Waals surface area contributed by atoms with Crippen LogP contribution in [0.15, 0.2) is 0 Å². The molecule has 5 heteroatoms. The van der Waals surface area contributed by atoms with E-state index in [2.05, 4.69) is 5.32 Å². The zero-order valence-corrected chi connectivity index (χ0v) is 11.3. The van der Waals surface area contributed by atoms with E-state index >= 15 is 0 Å². The van der Waals surface area contributed by atoms with Gasteiger partial charge in [0.2, 0.25) is 5.91 Å². The highest BCUT2D eigenvalue weighted by molar-refractivity contribution is 5.82. The summed E-state index contributed by atoms with van der Waals surface area (Å²) >= 11 is 0. The van der Waals surface area contributed by atoms with Gasteiger partial charge in [-0.05, 0) is 19.9 Å². The third-order valence-corrected chi connectivity index (χ3v) is 2.15. The van der Waals surface area contributed by atoms with Crippen LogP contribution in [0.3, 0.4) is 0 Å². The van der Waals surface area contributed by atoms with E-state index in [9.17, 15) is 9.59 Å². The summed E-state index contributed by atoms with van der Waals surface area (Å²) in [5.74, 6) is -0.0185. The van der Waals surface area contributed by atoms with Crippen molar-refractivity contribution in [2.75, 3.05) is 33.3 Å². The molecule has 0 aromatic heterocycles. The SMILES string of the molecule is CCOC(=O)CN(CC(C)C)C(=O)CCNC. The number of hydrogen-bond donors (Lipinski definition) is 1. The Bertz CT molecular complexity index is 242. The number of carbonyl (C=O) groups excluding carboxylic acids is 2. The van der Waals surface area contributed by atoms with Gasteiger partial charge in [0, 0.05) is 19.5 Å². The Hall–Kier alpha value is -1.10. The smallest absolute Gasteiger partial charge is 0.325 e. The van der Waals surface area contributed by atoms with E-state index in [1.54, 1.807) is 18.9 Å². The maximum Gasteiger partial charge on any atom is 0.325 e. The van der Waals surface area contributed by atoms with E-state index in [1.807, 2.05) is 13.8 Å². The Kier molecular flexibility index (Phi) is 8.40. The molecule has 0 saturated heterocycles. The van der Waals surface area contributed by atoms with Crippen molar-refractivity contribution in [3.8, 4) is 0 Å². The van der Waals surface area contributed by atoms with Gasteiger partial charge in [-0.25, -0.2) is 0 Å². The molecule has 100 valence electrons. The molecule has 0 aromatic rings. The second kappa shape index (κ2) is 8.98. The molecule has 0 heterocycles. The summed E-state index contributed by atoms with van der Waals surface area (Å²) in [6.07, 6.45) is 0.405. The summed E-state index contributed by atoms with van der Waals surface area (Å²) < 4.78 is 4.86. The van der Waals surface area contributed by atoms with Gasteiger partial charge in [0.05, 0.1) is 6.61 Å². The number of rotatable bonds is 8. The minimum atomic E-state index is -0.342. The van der Waals surface area contributed by atoms with Crippen LogP contribution < -0.4 is 5.32 Å².